The number of fused-ring (bicyclic) bond motifs is 1. The predicted molar refractivity (Wildman–Crippen MR) is 140 cm³/mol. The third kappa shape index (κ3) is 5.39. The van der Waals surface area contributed by atoms with Crippen LogP contribution in [0.5, 0.6) is 5.75 Å². The molecule has 15 heteroatoms. The maximum absolute atomic E-state index is 11.6. The van der Waals surface area contributed by atoms with E-state index in [0.717, 1.165) is 11.1 Å². The normalized spacial score (nSPS) is 20.5. The lowest BCUT2D eigenvalue weighted by atomic mass is 10.1. The topological polar surface area (TPSA) is 180 Å². The highest BCUT2D eigenvalue weighted by molar-refractivity contribution is 6.31. The summed E-state index contributed by atoms with van der Waals surface area (Å²) in [6, 6.07) is 11.3. The van der Waals surface area contributed by atoms with Crippen LogP contribution in [0.1, 0.15) is 17.4 Å². The summed E-state index contributed by atoms with van der Waals surface area (Å²) in [5.74, 6) is -0.414. The minimum absolute atomic E-state index is 0.258. The summed E-state index contributed by atoms with van der Waals surface area (Å²) >= 11 is 12.5. The van der Waals surface area contributed by atoms with E-state index < -0.39 is 30.4 Å². The van der Waals surface area contributed by atoms with E-state index in [2.05, 4.69) is 30.3 Å². The number of rotatable bonds is 9. The lowest BCUT2D eigenvalue weighted by Crippen LogP contribution is -2.34. The Hall–Kier alpha value is -4.13. The number of hydrogen-bond acceptors (Lipinski definition) is 9. The molecule has 2 aromatic carbocycles. The van der Waals surface area contributed by atoms with Gasteiger partial charge in [0.2, 0.25) is 0 Å². The fourth-order valence-electron chi connectivity index (χ4n) is 4.23. The first kappa shape index (κ1) is 26.5. The number of aliphatic hydroxyl groups excluding tert-OH is 1. The number of hydrogen-bond donors (Lipinski definition) is 3. The third-order valence-electron chi connectivity index (χ3n) is 6.11. The minimum atomic E-state index is -1.54. The van der Waals surface area contributed by atoms with Crippen LogP contribution in [-0.4, -0.2) is 54.0 Å². The second-order valence-corrected chi connectivity index (χ2v) is 9.35. The number of azide groups is 1. The molecule has 4 aromatic rings. The first-order valence-electron chi connectivity index (χ1n) is 11.5. The lowest BCUT2D eigenvalue weighted by Gasteiger charge is -2.17. The number of aromatic nitrogens is 4. The van der Waals surface area contributed by atoms with E-state index in [1.54, 1.807) is 24.3 Å². The first-order valence-corrected chi connectivity index (χ1v) is 12.3. The lowest BCUT2D eigenvalue weighted by molar-refractivity contribution is -0.152. The van der Waals surface area contributed by atoms with Crippen LogP contribution in [0.15, 0.2) is 60.2 Å². The molecular formula is C24H20Cl2N8O5. The van der Waals surface area contributed by atoms with Gasteiger partial charge in [-0.1, -0.05) is 46.5 Å². The minimum Gasteiger partial charge on any atom is -0.488 e. The Balaban J connectivity index is 1.37. The van der Waals surface area contributed by atoms with Gasteiger partial charge in [-0.3, -0.25) is 4.57 Å². The SMILES string of the molecule is [N-]=[N+]=NC1C(C(=O)O)OC(n2cnc3c(NCc4cc(Cl)ccc4OCc4ccccc4Cl)ncnc32)C1O. The van der Waals surface area contributed by atoms with Crippen molar-refractivity contribution >= 4 is 46.2 Å². The quantitative estimate of drug-likeness (QED) is 0.150. The average Bonchev–Trinajstić information content (AvgIpc) is 3.49. The van der Waals surface area contributed by atoms with Crippen molar-refractivity contribution in [1.82, 2.24) is 19.5 Å². The standard InChI is InChI=1S/C24H20Cl2N8O5/c25-14-5-6-16(38-9-12-3-1-2-4-15(12)26)13(7-14)8-28-21-18-22(30-10-29-21)34(11-31-18)23-19(35)17(32-33-27)20(39-23)24(36)37/h1-7,10-11,17,19-20,23,35H,8-9H2,(H,36,37)(H,28,29,30). The van der Waals surface area contributed by atoms with Gasteiger partial charge < -0.3 is 25.0 Å². The van der Waals surface area contributed by atoms with Crippen molar-refractivity contribution in [3.63, 3.8) is 0 Å². The van der Waals surface area contributed by atoms with Crippen molar-refractivity contribution in [2.45, 2.75) is 37.6 Å². The number of benzene rings is 2. The summed E-state index contributed by atoms with van der Waals surface area (Å²) in [5, 5.41) is 27.8. The molecule has 0 saturated carbocycles. The van der Waals surface area contributed by atoms with E-state index >= 15 is 0 Å². The maximum atomic E-state index is 11.6. The number of nitrogens with one attached hydrogen (secondary N) is 1. The molecule has 4 atom stereocenters. The van der Waals surface area contributed by atoms with E-state index in [1.807, 2.05) is 18.2 Å². The van der Waals surface area contributed by atoms with Gasteiger partial charge in [-0.05, 0) is 29.8 Å². The van der Waals surface area contributed by atoms with Crippen molar-refractivity contribution in [1.29, 1.82) is 0 Å². The van der Waals surface area contributed by atoms with Crippen LogP contribution in [0.25, 0.3) is 21.6 Å². The molecule has 1 fully saturated rings. The molecule has 13 nitrogen and oxygen atoms in total. The van der Waals surface area contributed by atoms with Crippen LogP contribution in [-0.2, 0) is 22.7 Å². The highest BCUT2D eigenvalue weighted by atomic mass is 35.5. The summed E-state index contributed by atoms with van der Waals surface area (Å²) < 4.78 is 12.9. The number of carboxylic acids is 1. The van der Waals surface area contributed by atoms with E-state index in [-0.39, 0.29) is 18.8 Å². The van der Waals surface area contributed by atoms with Crippen molar-refractivity contribution in [2.75, 3.05) is 5.32 Å². The van der Waals surface area contributed by atoms with Gasteiger partial charge >= 0.3 is 5.97 Å². The van der Waals surface area contributed by atoms with Crippen molar-refractivity contribution < 1.29 is 24.5 Å². The summed E-state index contributed by atoms with van der Waals surface area (Å²) in [6.07, 6.45) is -1.56. The molecule has 0 spiro atoms. The van der Waals surface area contributed by atoms with Crippen molar-refractivity contribution in [3.05, 3.63) is 86.7 Å². The number of imidazole rings is 1. The van der Waals surface area contributed by atoms with Crippen molar-refractivity contribution in [3.8, 4) is 5.75 Å². The highest BCUT2D eigenvalue weighted by Gasteiger charge is 2.48. The molecule has 1 aliphatic rings. The number of nitrogens with zero attached hydrogens (tertiary/aromatic N) is 7. The molecule has 1 aliphatic heterocycles. The molecule has 2 aromatic heterocycles. The summed E-state index contributed by atoms with van der Waals surface area (Å²) in [6.45, 7) is 0.522. The monoisotopic (exact) mass is 570 g/mol. The van der Waals surface area contributed by atoms with Gasteiger partial charge in [0.25, 0.3) is 0 Å². The number of ether oxygens (including phenoxy) is 2. The van der Waals surface area contributed by atoms with E-state index in [4.69, 9.17) is 38.2 Å². The molecule has 0 aliphatic carbocycles. The molecule has 1 saturated heterocycles. The van der Waals surface area contributed by atoms with Crippen LogP contribution in [0.3, 0.4) is 0 Å². The number of carbonyl (C=O) groups is 1. The zero-order valence-corrected chi connectivity index (χ0v) is 21.4. The van der Waals surface area contributed by atoms with E-state index in [9.17, 15) is 15.0 Å². The van der Waals surface area contributed by atoms with Gasteiger partial charge in [0.05, 0.1) is 6.33 Å². The van der Waals surface area contributed by atoms with Crippen molar-refractivity contribution in [2.24, 2.45) is 5.11 Å². The molecule has 0 radical (unpaired) electrons. The van der Waals surface area contributed by atoms with Gasteiger partial charge in [-0.2, -0.15) is 0 Å². The van der Waals surface area contributed by atoms with E-state index in [0.29, 0.717) is 27.1 Å². The fourth-order valence-corrected chi connectivity index (χ4v) is 4.61. The van der Waals surface area contributed by atoms with Crippen LogP contribution < -0.4 is 10.1 Å². The Kier molecular flexibility index (Phi) is 7.68. The van der Waals surface area contributed by atoms with Crippen LogP contribution in [0.4, 0.5) is 5.82 Å². The zero-order valence-electron chi connectivity index (χ0n) is 19.9. The van der Waals surface area contributed by atoms with Gasteiger partial charge in [-0.15, -0.1) is 0 Å². The van der Waals surface area contributed by atoms with E-state index in [1.165, 1.54) is 17.2 Å². The Bertz CT molecular complexity index is 1580. The Morgan fingerprint density at radius 3 is 2.79 bits per heavy atom. The second-order valence-electron chi connectivity index (χ2n) is 8.50. The number of aliphatic carboxylic acids is 1. The Labute approximate surface area is 230 Å². The fraction of sp³-hybridized carbons (Fsp3) is 0.250. The molecular weight excluding hydrogens is 551 g/mol. The van der Waals surface area contributed by atoms with Gasteiger partial charge in [0.15, 0.2) is 29.3 Å². The molecule has 5 rings (SSSR count). The van der Waals surface area contributed by atoms with Crippen LogP contribution >= 0.6 is 23.2 Å². The first-order chi connectivity index (χ1) is 18.9. The smallest absolute Gasteiger partial charge is 0.333 e. The molecule has 0 bridgehead atoms. The summed E-state index contributed by atoms with van der Waals surface area (Å²) in [4.78, 5) is 27.0. The second kappa shape index (κ2) is 11.3. The number of anilines is 1. The van der Waals surface area contributed by atoms with Gasteiger partial charge in [-0.25, -0.2) is 19.7 Å². The maximum Gasteiger partial charge on any atom is 0.333 e. The number of carboxylic acid groups (broad SMARTS) is 1. The zero-order chi connectivity index (χ0) is 27.5. The molecule has 4 unspecified atom stereocenters. The average molecular weight is 571 g/mol. The van der Waals surface area contributed by atoms with Gasteiger partial charge in [0.1, 0.15) is 30.8 Å². The highest BCUT2D eigenvalue weighted by Crippen LogP contribution is 2.34. The third-order valence-corrected chi connectivity index (χ3v) is 6.71. The largest absolute Gasteiger partial charge is 0.488 e. The van der Waals surface area contributed by atoms with Crippen LogP contribution in [0, 0.1) is 0 Å². The molecule has 0 amide bonds. The summed E-state index contributed by atoms with van der Waals surface area (Å²) in [7, 11) is 0. The Morgan fingerprint density at radius 1 is 1.21 bits per heavy atom. The number of halogens is 2. The Morgan fingerprint density at radius 2 is 2.03 bits per heavy atom. The predicted octanol–water partition coefficient (Wildman–Crippen LogP) is 4.35. The molecule has 3 heterocycles. The molecule has 39 heavy (non-hydrogen) atoms. The van der Waals surface area contributed by atoms with Crippen LogP contribution in [0.2, 0.25) is 10.0 Å². The molecule has 3 N–H and O–H groups in total. The molecule has 200 valence electrons. The number of aliphatic hydroxyl groups is 1. The van der Waals surface area contributed by atoms with Gasteiger partial charge in [0, 0.05) is 32.6 Å². The summed E-state index contributed by atoms with van der Waals surface area (Å²) in [5.41, 5.74) is 11.0.